The average molecular weight is 389 g/mol. The van der Waals surface area contributed by atoms with Gasteiger partial charge in [0, 0.05) is 19.1 Å². The molecule has 0 bridgehead atoms. The third-order valence-electron chi connectivity index (χ3n) is 2.94. The number of aliphatic imine (C=N–C) groups is 1. The summed E-state index contributed by atoms with van der Waals surface area (Å²) in [6.07, 6.45) is 0. The highest BCUT2D eigenvalue weighted by molar-refractivity contribution is 14.0. The molecule has 1 rings (SSSR count). The van der Waals surface area contributed by atoms with Gasteiger partial charge in [-0.3, -0.25) is 4.99 Å². The van der Waals surface area contributed by atoms with E-state index in [9.17, 15) is 0 Å². The molecule has 1 aromatic carbocycles. The fourth-order valence-corrected chi connectivity index (χ4v) is 1.80. The normalized spacial score (nSPS) is 13.4. The summed E-state index contributed by atoms with van der Waals surface area (Å²) in [7, 11) is 1.80. The second-order valence-corrected chi connectivity index (χ2v) is 6.14. The van der Waals surface area contributed by atoms with Crippen molar-refractivity contribution in [1.29, 1.82) is 0 Å². The molecular formula is C16H28IN3. The van der Waals surface area contributed by atoms with Crippen LogP contribution >= 0.6 is 24.0 Å². The lowest BCUT2D eigenvalue weighted by Crippen LogP contribution is -2.48. The number of nitrogens with zero attached hydrogens (tertiary/aromatic N) is 1. The van der Waals surface area contributed by atoms with Gasteiger partial charge in [0.2, 0.25) is 0 Å². The molecule has 0 saturated carbocycles. The molecule has 4 heteroatoms. The average Bonchev–Trinajstić information content (AvgIpc) is 2.33. The van der Waals surface area contributed by atoms with Crippen molar-refractivity contribution in [2.75, 3.05) is 13.6 Å². The van der Waals surface area contributed by atoms with E-state index in [4.69, 9.17) is 0 Å². The van der Waals surface area contributed by atoms with Gasteiger partial charge >= 0.3 is 0 Å². The maximum absolute atomic E-state index is 4.25. The van der Waals surface area contributed by atoms with E-state index in [0.717, 1.165) is 12.5 Å². The van der Waals surface area contributed by atoms with Crippen molar-refractivity contribution in [3.63, 3.8) is 0 Å². The number of guanidine groups is 1. The van der Waals surface area contributed by atoms with Gasteiger partial charge in [-0.05, 0) is 39.2 Å². The first-order valence-corrected chi connectivity index (χ1v) is 6.87. The van der Waals surface area contributed by atoms with Gasteiger partial charge in [0.05, 0.1) is 0 Å². The number of hydrogen-bond donors (Lipinski definition) is 2. The van der Waals surface area contributed by atoms with Crippen LogP contribution in [0.5, 0.6) is 0 Å². The molecule has 1 aromatic rings. The number of aryl methyl sites for hydroxylation is 1. The summed E-state index contributed by atoms with van der Waals surface area (Å²) in [4.78, 5) is 4.25. The summed E-state index contributed by atoms with van der Waals surface area (Å²) < 4.78 is 0. The first kappa shape index (κ1) is 19.2. The quantitative estimate of drug-likeness (QED) is 0.470. The first-order chi connectivity index (χ1) is 8.81. The predicted molar refractivity (Wildman–Crippen MR) is 99.3 cm³/mol. The van der Waals surface area contributed by atoms with E-state index in [1.165, 1.54) is 11.1 Å². The molecule has 114 valence electrons. The van der Waals surface area contributed by atoms with Crippen molar-refractivity contribution >= 4 is 29.9 Å². The van der Waals surface area contributed by atoms with Crippen LogP contribution in [0.2, 0.25) is 0 Å². The van der Waals surface area contributed by atoms with Crippen LogP contribution in [0.1, 0.15) is 44.7 Å². The smallest absolute Gasteiger partial charge is 0.191 e. The number of nitrogens with one attached hydrogen (secondary N) is 2. The molecule has 2 N–H and O–H groups in total. The van der Waals surface area contributed by atoms with Crippen molar-refractivity contribution in [2.24, 2.45) is 4.99 Å². The topological polar surface area (TPSA) is 36.4 Å². The number of halogens is 1. The summed E-state index contributed by atoms with van der Waals surface area (Å²) in [6, 6.07) is 8.71. The van der Waals surface area contributed by atoms with Crippen LogP contribution < -0.4 is 10.6 Å². The largest absolute Gasteiger partial charge is 0.356 e. The minimum Gasteiger partial charge on any atom is -0.356 e. The Hall–Kier alpha value is -0.780. The summed E-state index contributed by atoms with van der Waals surface area (Å²) >= 11 is 0. The van der Waals surface area contributed by atoms with E-state index in [1.807, 2.05) is 0 Å². The zero-order valence-electron chi connectivity index (χ0n) is 13.4. The van der Waals surface area contributed by atoms with Crippen molar-refractivity contribution in [1.82, 2.24) is 10.6 Å². The van der Waals surface area contributed by atoms with Gasteiger partial charge in [0.15, 0.2) is 5.96 Å². The zero-order valence-corrected chi connectivity index (χ0v) is 15.8. The van der Waals surface area contributed by atoms with Gasteiger partial charge in [-0.15, -0.1) is 24.0 Å². The molecule has 3 nitrogen and oxygen atoms in total. The molecule has 0 radical (unpaired) electrons. The van der Waals surface area contributed by atoms with Gasteiger partial charge < -0.3 is 10.6 Å². The summed E-state index contributed by atoms with van der Waals surface area (Å²) in [6.45, 7) is 11.6. The Morgan fingerprint density at radius 1 is 1.20 bits per heavy atom. The molecule has 0 amide bonds. The van der Waals surface area contributed by atoms with Crippen LogP contribution in [-0.2, 0) is 0 Å². The first-order valence-electron chi connectivity index (χ1n) is 6.87. The Kier molecular flexibility index (Phi) is 8.16. The van der Waals surface area contributed by atoms with Gasteiger partial charge in [0.1, 0.15) is 0 Å². The monoisotopic (exact) mass is 389 g/mol. The second kappa shape index (κ2) is 8.49. The molecule has 0 saturated heterocycles. The third kappa shape index (κ3) is 7.12. The van der Waals surface area contributed by atoms with Crippen molar-refractivity contribution in [2.45, 2.75) is 46.1 Å². The number of rotatable bonds is 3. The van der Waals surface area contributed by atoms with E-state index >= 15 is 0 Å². The Labute approximate surface area is 140 Å². The third-order valence-corrected chi connectivity index (χ3v) is 2.94. The molecule has 0 aromatic heterocycles. The lowest BCUT2D eigenvalue weighted by molar-refractivity contribution is 0.499. The summed E-state index contributed by atoms with van der Waals surface area (Å²) in [5, 5.41) is 6.74. The highest BCUT2D eigenvalue weighted by Crippen LogP contribution is 2.14. The van der Waals surface area contributed by atoms with Gasteiger partial charge in [-0.2, -0.15) is 0 Å². The Morgan fingerprint density at radius 3 is 2.20 bits per heavy atom. The van der Waals surface area contributed by atoms with Crippen LogP contribution in [0, 0.1) is 6.92 Å². The van der Waals surface area contributed by atoms with Crippen molar-refractivity contribution in [3.05, 3.63) is 35.4 Å². The zero-order chi connectivity index (χ0) is 14.5. The van der Waals surface area contributed by atoms with E-state index < -0.39 is 0 Å². The number of hydrogen-bond acceptors (Lipinski definition) is 1. The molecule has 0 spiro atoms. The number of benzene rings is 1. The molecule has 0 fully saturated rings. The molecule has 1 unspecified atom stereocenters. The lowest BCUT2D eigenvalue weighted by atomic mass is 10.0. The maximum Gasteiger partial charge on any atom is 0.191 e. The minimum atomic E-state index is 0. The van der Waals surface area contributed by atoms with Crippen LogP contribution in [-0.4, -0.2) is 25.1 Å². The maximum atomic E-state index is 4.25. The molecule has 0 aliphatic carbocycles. The van der Waals surface area contributed by atoms with E-state index in [0.29, 0.717) is 5.92 Å². The fraction of sp³-hybridized carbons (Fsp3) is 0.562. The fourth-order valence-electron chi connectivity index (χ4n) is 1.80. The van der Waals surface area contributed by atoms with Crippen LogP contribution in [0.25, 0.3) is 0 Å². The van der Waals surface area contributed by atoms with Gasteiger partial charge in [-0.1, -0.05) is 36.8 Å². The molecule has 0 aliphatic heterocycles. The van der Waals surface area contributed by atoms with Crippen LogP contribution in [0.3, 0.4) is 0 Å². The Balaban J connectivity index is 0.00000361. The molecular weight excluding hydrogens is 361 g/mol. The minimum absolute atomic E-state index is 0. The molecule has 0 heterocycles. The van der Waals surface area contributed by atoms with E-state index in [1.54, 1.807) is 7.05 Å². The predicted octanol–water partition coefficient (Wildman–Crippen LogP) is 3.68. The van der Waals surface area contributed by atoms with E-state index in [2.05, 4.69) is 74.5 Å². The van der Waals surface area contributed by atoms with Gasteiger partial charge in [0.25, 0.3) is 0 Å². The summed E-state index contributed by atoms with van der Waals surface area (Å²) in [5.41, 5.74) is 2.67. The SMILES string of the molecule is CN=C(NCC(C)c1ccc(C)cc1)NC(C)(C)C.I. The highest BCUT2D eigenvalue weighted by Gasteiger charge is 2.12. The summed E-state index contributed by atoms with van der Waals surface area (Å²) in [5.74, 6) is 1.31. The molecule has 0 aliphatic rings. The second-order valence-electron chi connectivity index (χ2n) is 6.14. The van der Waals surface area contributed by atoms with Gasteiger partial charge in [-0.25, -0.2) is 0 Å². The van der Waals surface area contributed by atoms with Crippen molar-refractivity contribution < 1.29 is 0 Å². The highest BCUT2D eigenvalue weighted by atomic mass is 127. The molecule has 1 atom stereocenters. The van der Waals surface area contributed by atoms with Crippen LogP contribution in [0.4, 0.5) is 0 Å². The van der Waals surface area contributed by atoms with Crippen LogP contribution in [0.15, 0.2) is 29.3 Å². The lowest BCUT2D eigenvalue weighted by Gasteiger charge is -2.24. The Bertz CT molecular complexity index is 418. The standard InChI is InChI=1S/C16H27N3.HI/c1-12-7-9-14(10-8-12)13(2)11-18-15(17-6)19-16(3,4)5;/h7-10,13H,11H2,1-6H3,(H2,17,18,19);1H. The van der Waals surface area contributed by atoms with Crippen molar-refractivity contribution in [3.8, 4) is 0 Å². The Morgan fingerprint density at radius 2 is 1.75 bits per heavy atom. The van der Waals surface area contributed by atoms with E-state index in [-0.39, 0.29) is 29.5 Å². The molecule has 20 heavy (non-hydrogen) atoms.